The molecule has 0 aliphatic carbocycles. The first-order chi connectivity index (χ1) is 19.9. The Morgan fingerprint density at radius 2 is 1.54 bits per heavy atom. The third-order valence-corrected chi connectivity index (χ3v) is 9.01. The standard InChI is InChI=1S/C29H42N6O6/c36-26(33-19-17-32(18-20-33)23-6-11-31(12-7-23)13-10-27(37)38)21-41-29(40)34-14-8-24(9-15-34)35-16-5-22-3-1-2-4-25(22)30-28(35)39/h1-4,23-24H,5-21H2,(H,30,39)(H,37,38). The number of para-hydroxylation sites is 1. The van der Waals surface area contributed by atoms with E-state index in [0.717, 1.165) is 56.7 Å². The summed E-state index contributed by atoms with van der Waals surface area (Å²) < 4.78 is 5.40. The van der Waals surface area contributed by atoms with E-state index in [2.05, 4.69) is 15.1 Å². The zero-order valence-corrected chi connectivity index (χ0v) is 23.7. The lowest BCUT2D eigenvalue weighted by Gasteiger charge is -2.42. The number of nitrogens with zero attached hydrogens (tertiary/aromatic N) is 5. The van der Waals surface area contributed by atoms with Gasteiger partial charge in [0, 0.05) is 70.1 Å². The normalized spacial score (nSPS) is 21.7. The number of hydrogen-bond donors (Lipinski definition) is 2. The van der Waals surface area contributed by atoms with Crippen molar-refractivity contribution in [1.82, 2.24) is 24.5 Å². The van der Waals surface area contributed by atoms with E-state index in [4.69, 9.17) is 9.84 Å². The number of hydrogen-bond acceptors (Lipinski definition) is 7. The first-order valence-electron chi connectivity index (χ1n) is 14.9. The van der Waals surface area contributed by atoms with Gasteiger partial charge < -0.3 is 34.8 Å². The minimum atomic E-state index is -0.756. The number of ether oxygens (including phenoxy) is 1. The lowest BCUT2D eigenvalue weighted by atomic mass is 10.0. The monoisotopic (exact) mass is 570 g/mol. The number of fused-ring (bicyclic) bond motifs is 1. The number of carboxylic acid groups (broad SMARTS) is 1. The molecule has 0 spiro atoms. The number of carbonyl (C=O) groups excluding carboxylic acids is 3. The van der Waals surface area contributed by atoms with Crippen molar-refractivity contribution in [1.29, 1.82) is 0 Å². The Balaban J connectivity index is 0.983. The number of amides is 4. The van der Waals surface area contributed by atoms with E-state index < -0.39 is 12.1 Å². The Morgan fingerprint density at radius 3 is 2.24 bits per heavy atom. The van der Waals surface area contributed by atoms with Crippen molar-refractivity contribution < 1.29 is 29.0 Å². The fourth-order valence-electron chi connectivity index (χ4n) is 6.50. The average Bonchev–Trinajstić information content (AvgIpc) is 3.17. The van der Waals surface area contributed by atoms with E-state index in [1.54, 1.807) is 9.80 Å². The number of benzene rings is 1. The summed E-state index contributed by atoms with van der Waals surface area (Å²) in [6.07, 6.45) is 3.87. The van der Waals surface area contributed by atoms with Crippen molar-refractivity contribution in [2.24, 2.45) is 0 Å². The molecule has 2 N–H and O–H groups in total. The number of aliphatic carboxylic acids is 1. The molecule has 3 fully saturated rings. The minimum Gasteiger partial charge on any atom is -0.481 e. The Labute approximate surface area is 241 Å². The van der Waals surface area contributed by atoms with Crippen LogP contribution < -0.4 is 5.32 Å². The molecule has 3 saturated heterocycles. The molecule has 224 valence electrons. The highest BCUT2D eigenvalue weighted by molar-refractivity contribution is 5.91. The molecule has 4 amide bonds. The maximum Gasteiger partial charge on any atom is 0.410 e. The van der Waals surface area contributed by atoms with Crippen LogP contribution in [0.25, 0.3) is 0 Å². The van der Waals surface area contributed by atoms with Crippen molar-refractivity contribution >= 4 is 29.7 Å². The fraction of sp³-hybridized carbons (Fsp3) is 0.655. The van der Waals surface area contributed by atoms with Gasteiger partial charge in [-0.25, -0.2) is 9.59 Å². The Kier molecular flexibility index (Phi) is 9.60. The first-order valence-corrected chi connectivity index (χ1v) is 14.9. The van der Waals surface area contributed by atoms with Crippen LogP contribution in [0.3, 0.4) is 0 Å². The molecule has 4 aliphatic rings. The smallest absolute Gasteiger partial charge is 0.410 e. The molecule has 0 radical (unpaired) electrons. The third kappa shape index (κ3) is 7.48. The van der Waals surface area contributed by atoms with Crippen LogP contribution in [0, 0.1) is 0 Å². The molecule has 12 heteroatoms. The van der Waals surface area contributed by atoms with E-state index in [-0.39, 0.29) is 31.0 Å². The average molecular weight is 571 g/mol. The summed E-state index contributed by atoms with van der Waals surface area (Å²) in [7, 11) is 0. The van der Waals surface area contributed by atoms with Gasteiger partial charge in [0.1, 0.15) is 0 Å². The number of anilines is 1. The van der Waals surface area contributed by atoms with Crippen LogP contribution in [0.2, 0.25) is 0 Å². The van der Waals surface area contributed by atoms with E-state index in [1.165, 1.54) is 0 Å². The Morgan fingerprint density at radius 1 is 0.854 bits per heavy atom. The molecule has 0 saturated carbocycles. The van der Waals surface area contributed by atoms with E-state index in [0.29, 0.717) is 58.2 Å². The molecule has 1 aromatic carbocycles. The molecule has 0 bridgehead atoms. The number of piperidine rings is 2. The van der Waals surface area contributed by atoms with Gasteiger partial charge in [-0.3, -0.25) is 14.5 Å². The van der Waals surface area contributed by atoms with Gasteiger partial charge in [0.15, 0.2) is 6.61 Å². The molecular formula is C29H42N6O6. The van der Waals surface area contributed by atoms with Crippen molar-refractivity contribution in [3.63, 3.8) is 0 Å². The number of carboxylic acids is 1. The molecule has 5 rings (SSSR count). The molecule has 4 heterocycles. The summed E-state index contributed by atoms with van der Waals surface area (Å²) in [5.74, 6) is -0.925. The van der Waals surface area contributed by atoms with Gasteiger partial charge in [-0.2, -0.15) is 0 Å². The molecule has 0 aromatic heterocycles. The molecule has 0 atom stereocenters. The number of likely N-dealkylation sites (tertiary alicyclic amines) is 2. The highest BCUT2D eigenvalue weighted by Gasteiger charge is 2.33. The lowest BCUT2D eigenvalue weighted by Crippen LogP contribution is -2.55. The van der Waals surface area contributed by atoms with Gasteiger partial charge in [0.25, 0.3) is 5.91 Å². The molecule has 41 heavy (non-hydrogen) atoms. The van der Waals surface area contributed by atoms with E-state index in [9.17, 15) is 19.2 Å². The van der Waals surface area contributed by atoms with Crippen LogP contribution in [0.5, 0.6) is 0 Å². The van der Waals surface area contributed by atoms with Crippen molar-refractivity contribution in [2.75, 3.05) is 77.4 Å². The molecule has 1 aromatic rings. The predicted molar refractivity (Wildman–Crippen MR) is 152 cm³/mol. The van der Waals surface area contributed by atoms with Crippen molar-refractivity contribution in [3.05, 3.63) is 29.8 Å². The molecule has 12 nitrogen and oxygen atoms in total. The van der Waals surface area contributed by atoms with Gasteiger partial charge >= 0.3 is 18.1 Å². The van der Waals surface area contributed by atoms with E-state index in [1.807, 2.05) is 29.2 Å². The summed E-state index contributed by atoms with van der Waals surface area (Å²) in [6.45, 7) is 6.60. The molecule has 4 aliphatic heterocycles. The van der Waals surface area contributed by atoms with Gasteiger partial charge in [0.05, 0.1) is 6.42 Å². The second-order valence-corrected chi connectivity index (χ2v) is 11.4. The topological polar surface area (TPSA) is 126 Å². The van der Waals surface area contributed by atoms with Crippen LogP contribution in [-0.4, -0.2) is 138 Å². The predicted octanol–water partition coefficient (Wildman–Crippen LogP) is 1.76. The first kappa shape index (κ1) is 29.1. The van der Waals surface area contributed by atoms with Crippen LogP contribution in [0.15, 0.2) is 24.3 Å². The summed E-state index contributed by atoms with van der Waals surface area (Å²) in [5, 5.41) is 11.9. The third-order valence-electron chi connectivity index (χ3n) is 9.01. The minimum absolute atomic E-state index is 0.0586. The maximum absolute atomic E-state index is 12.8. The van der Waals surface area contributed by atoms with Crippen LogP contribution in [0.4, 0.5) is 15.3 Å². The molecule has 0 unspecified atom stereocenters. The van der Waals surface area contributed by atoms with Gasteiger partial charge in [-0.15, -0.1) is 0 Å². The maximum atomic E-state index is 12.8. The number of piperazine rings is 1. The second-order valence-electron chi connectivity index (χ2n) is 11.4. The van der Waals surface area contributed by atoms with Crippen molar-refractivity contribution in [3.8, 4) is 0 Å². The molecular weight excluding hydrogens is 528 g/mol. The van der Waals surface area contributed by atoms with Crippen LogP contribution >= 0.6 is 0 Å². The van der Waals surface area contributed by atoms with Crippen LogP contribution in [-0.2, 0) is 20.7 Å². The van der Waals surface area contributed by atoms with Crippen LogP contribution in [0.1, 0.15) is 37.7 Å². The highest BCUT2D eigenvalue weighted by atomic mass is 16.6. The number of carbonyl (C=O) groups is 4. The summed E-state index contributed by atoms with van der Waals surface area (Å²) in [4.78, 5) is 59.0. The summed E-state index contributed by atoms with van der Waals surface area (Å²) in [5.41, 5.74) is 1.99. The number of nitrogens with one attached hydrogen (secondary N) is 1. The summed E-state index contributed by atoms with van der Waals surface area (Å²) >= 11 is 0. The Hall–Kier alpha value is -3.38. The number of rotatable bonds is 7. The Bertz CT molecular complexity index is 1090. The zero-order valence-electron chi connectivity index (χ0n) is 23.7. The van der Waals surface area contributed by atoms with Gasteiger partial charge in [-0.1, -0.05) is 18.2 Å². The summed E-state index contributed by atoms with van der Waals surface area (Å²) in [6, 6.07) is 8.29. The van der Waals surface area contributed by atoms with Crippen molar-refractivity contribution in [2.45, 2.75) is 50.6 Å². The quantitative estimate of drug-likeness (QED) is 0.508. The largest absolute Gasteiger partial charge is 0.481 e. The second kappa shape index (κ2) is 13.5. The SMILES string of the molecule is O=C(O)CCN1CCC(N2CCN(C(=O)COC(=O)N3CCC(N4CCc5ccccc5NC4=O)CC3)CC2)CC1. The van der Waals surface area contributed by atoms with E-state index >= 15 is 0 Å². The van der Waals surface area contributed by atoms with Gasteiger partial charge in [-0.05, 0) is 56.8 Å². The lowest BCUT2D eigenvalue weighted by molar-refractivity contribution is -0.138. The number of urea groups is 1. The van der Waals surface area contributed by atoms with Gasteiger partial charge in [0.2, 0.25) is 0 Å². The fourth-order valence-corrected chi connectivity index (χ4v) is 6.50. The highest BCUT2D eigenvalue weighted by Crippen LogP contribution is 2.25. The zero-order chi connectivity index (χ0) is 28.8.